The summed E-state index contributed by atoms with van der Waals surface area (Å²) >= 11 is 0. The number of ketones is 1. The van der Waals surface area contributed by atoms with Crippen LogP contribution in [0.25, 0.3) is 0 Å². The number of hydrogen-bond acceptors (Lipinski definition) is 3. The predicted octanol–water partition coefficient (Wildman–Crippen LogP) is 6.45. The van der Waals surface area contributed by atoms with Crippen molar-refractivity contribution in [3.05, 3.63) is 138 Å². The van der Waals surface area contributed by atoms with Gasteiger partial charge in [0.15, 0.2) is 5.78 Å². The predicted molar refractivity (Wildman–Crippen MR) is 157 cm³/mol. The lowest BCUT2D eigenvalue weighted by Gasteiger charge is -2.32. The largest absolute Gasteiger partial charge is 0.352 e. The van der Waals surface area contributed by atoms with E-state index in [2.05, 4.69) is 10.6 Å². The van der Waals surface area contributed by atoms with Gasteiger partial charge in [-0.25, -0.2) is 4.79 Å². The van der Waals surface area contributed by atoms with Gasteiger partial charge < -0.3 is 15.5 Å². The number of rotatable bonds is 7. The zero-order chi connectivity index (χ0) is 28.1. The summed E-state index contributed by atoms with van der Waals surface area (Å²) in [5, 5.41) is 6.02. The van der Waals surface area contributed by atoms with Crippen LogP contribution >= 0.6 is 0 Å². The number of nitrogens with one attached hydrogen (secondary N) is 2. The molecular weight excluding hydrogens is 498 g/mol. The Labute approximate surface area is 235 Å². The highest BCUT2D eigenvalue weighted by atomic mass is 16.2. The van der Waals surface area contributed by atoms with E-state index in [9.17, 15) is 14.4 Å². The molecule has 4 aromatic rings. The van der Waals surface area contributed by atoms with Gasteiger partial charge in [-0.3, -0.25) is 9.59 Å². The molecule has 40 heavy (non-hydrogen) atoms. The number of Topliss-reactive ketones (excluding diaryl/α,β-unsaturated/α-hetero) is 1. The molecule has 1 aliphatic heterocycles. The highest BCUT2D eigenvalue weighted by Gasteiger charge is 2.57. The summed E-state index contributed by atoms with van der Waals surface area (Å²) < 4.78 is 0. The number of carbonyl (C=O) groups excluding carboxylic acids is 3. The average molecular weight is 532 g/mol. The molecule has 5 rings (SSSR count). The van der Waals surface area contributed by atoms with Crippen LogP contribution in [0, 0.1) is 5.92 Å². The van der Waals surface area contributed by atoms with E-state index in [-0.39, 0.29) is 17.7 Å². The van der Waals surface area contributed by atoms with Crippen molar-refractivity contribution in [2.24, 2.45) is 5.92 Å². The van der Waals surface area contributed by atoms with Crippen LogP contribution in [0.15, 0.2) is 121 Å². The summed E-state index contributed by atoms with van der Waals surface area (Å²) in [5.74, 6) is -1.70. The standard InChI is InChI=1S/C34H33N3O3/c1-23(2)35-33(39)31-28(24-15-7-3-8-16-24)29(32(38)26-19-11-5-12-20-26)30(25-17-9-4-10-18-25)37(31)34(40)36-27-21-13-6-14-22-27/h3-23,28-31H,1-2H3,(H,35,39)(H,36,40). The van der Waals surface area contributed by atoms with E-state index in [0.29, 0.717) is 11.3 Å². The van der Waals surface area contributed by atoms with E-state index in [1.807, 2.05) is 111 Å². The van der Waals surface area contributed by atoms with Crippen molar-refractivity contribution in [3.8, 4) is 0 Å². The maximum Gasteiger partial charge on any atom is 0.323 e. The molecule has 4 aromatic carbocycles. The Bertz CT molecular complexity index is 1440. The molecule has 0 aromatic heterocycles. The van der Waals surface area contributed by atoms with Crippen LogP contribution in [0.3, 0.4) is 0 Å². The van der Waals surface area contributed by atoms with Crippen LogP contribution in [-0.2, 0) is 4.79 Å². The summed E-state index contributed by atoms with van der Waals surface area (Å²) in [4.78, 5) is 44.3. The minimum absolute atomic E-state index is 0.110. The molecule has 0 spiro atoms. The van der Waals surface area contributed by atoms with Crippen LogP contribution < -0.4 is 10.6 Å². The zero-order valence-corrected chi connectivity index (χ0v) is 22.6. The minimum atomic E-state index is -0.934. The van der Waals surface area contributed by atoms with Crippen molar-refractivity contribution >= 4 is 23.4 Å². The van der Waals surface area contributed by atoms with Gasteiger partial charge in [-0.1, -0.05) is 109 Å². The summed E-state index contributed by atoms with van der Waals surface area (Å²) in [7, 11) is 0. The molecule has 6 heteroatoms. The van der Waals surface area contributed by atoms with Crippen LogP contribution in [0.2, 0.25) is 0 Å². The molecule has 4 atom stereocenters. The van der Waals surface area contributed by atoms with E-state index >= 15 is 0 Å². The third-order valence-corrected chi connectivity index (χ3v) is 7.31. The van der Waals surface area contributed by atoms with E-state index in [1.165, 1.54) is 0 Å². The number of urea groups is 1. The number of hydrogen-bond donors (Lipinski definition) is 2. The van der Waals surface area contributed by atoms with Crippen molar-refractivity contribution in [1.82, 2.24) is 10.2 Å². The van der Waals surface area contributed by atoms with Crippen molar-refractivity contribution in [2.75, 3.05) is 5.32 Å². The highest BCUT2D eigenvalue weighted by Crippen LogP contribution is 2.51. The van der Waals surface area contributed by atoms with Crippen molar-refractivity contribution < 1.29 is 14.4 Å². The molecule has 0 bridgehead atoms. The number of benzene rings is 4. The quantitative estimate of drug-likeness (QED) is 0.269. The normalized spacial score (nSPS) is 20.2. The third kappa shape index (κ3) is 5.52. The van der Waals surface area contributed by atoms with Gasteiger partial charge in [0.25, 0.3) is 0 Å². The molecular formula is C34H33N3O3. The number of likely N-dealkylation sites (tertiary alicyclic amines) is 1. The first-order valence-corrected chi connectivity index (χ1v) is 13.6. The molecule has 1 aliphatic rings. The molecule has 202 valence electrons. The molecule has 0 saturated carbocycles. The van der Waals surface area contributed by atoms with E-state index < -0.39 is 30.0 Å². The van der Waals surface area contributed by atoms with Gasteiger partial charge in [-0.05, 0) is 37.1 Å². The van der Waals surface area contributed by atoms with Gasteiger partial charge in [0, 0.05) is 23.2 Å². The second-order valence-corrected chi connectivity index (χ2v) is 10.4. The summed E-state index contributed by atoms with van der Waals surface area (Å²) in [6.45, 7) is 3.78. The second kappa shape index (κ2) is 12.0. The lowest BCUT2D eigenvalue weighted by Crippen LogP contribution is -2.51. The van der Waals surface area contributed by atoms with Gasteiger partial charge in [0.1, 0.15) is 6.04 Å². The fourth-order valence-corrected chi connectivity index (χ4v) is 5.72. The molecule has 1 fully saturated rings. The first kappa shape index (κ1) is 26.9. The van der Waals surface area contributed by atoms with Gasteiger partial charge >= 0.3 is 6.03 Å². The molecule has 1 saturated heterocycles. The van der Waals surface area contributed by atoms with E-state index in [4.69, 9.17) is 0 Å². The Morgan fingerprint density at radius 1 is 0.675 bits per heavy atom. The maximum absolute atomic E-state index is 14.4. The zero-order valence-electron chi connectivity index (χ0n) is 22.6. The fraction of sp³-hybridized carbons (Fsp3) is 0.206. The fourth-order valence-electron chi connectivity index (χ4n) is 5.72. The molecule has 0 aliphatic carbocycles. The Balaban J connectivity index is 1.73. The molecule has 1 heterocycles. The van der Waals surface area contributed by atoms with E-state index in [1.54, 1.807) is 29.2 Å². The molecule has 2 N–H and O–H groups in total. The topological polar surface area (TPSA) is 78.5 Å². The van der Waals surface area contributed by atoms with Gasteiger partial charge in [0.05, 0.1) is 12.0 Å². The van der Waals surface area contributed by atoms with Crippen LogP contribution in [0.4, 0.5) is 10.5 Å². The van der Waals surface area contributed by atoms with Gasteiger partial charge in [0.2, 0.25) is 5.91 Å². The van der Waals surface area contributed by atoms with Crippen molar-refractivity contribution in [3.63, 3.8) is 0 Å². The van der Waals surface area contributed by atoms with E-state index in [0.717, 1.165) is 11.1 Å². The van der Waals surface area contributed by atoms with Crippen LogP contribution in [0.1, 0.15) is 47.3 Å². The number of carbonyl (C=O) groups is 3. The Morgan fingerprint density at radius 2 is 1.18 bits per heavy atom. The highest BCUT2D eigenvalue weighted by molar-refractivity contribution is 6.03. The lowest BCUT2D eigenvalue weighted by atomic mass is 9.76. The lowest BCUT2D eigenvalue weighted by molar-refractivity contribution is -0.125. The van der Waals surface area contributed by atoms with Crippen molar-refractivity contribution in [1.29, 1.82) is 0 Å². The van der Waals surface area contributed by atoms with Crippen LogP contribution in [0.5, 0.6) is 0 Å². The van der Waals surface area contributed by atoms with Gasteiger partial charge in [-0.15, -0.1) is 0 Å². The average Bonchev–Trinajstić information content (AvgIpc) is 3.35. The first-order chi connectivity index (χ1) is 19.5. The molecule has 6 nitrogen and oxygen atoms in total. The third-order valence-electron chi connectivity index (χ3n) is 7.31. The smallest absolute Gasteiger partial charge is 0.323 e. The maximum atomic E-state index is 14.4. The van der Waals surface area contributed by atoms with Crippen LogP contribution in [-0.4, -0.2) is 34.7 Å². The molecule has 0 radical (unpaired) electrons. The number of anilines is 1. The second-order valence-electron chi connectivity index (χ2n) is 10.4. The Morgan fingerprint density at radius 3 is 1.73 bits per heavy atom. The SMILES string of the molecule is CC(C)NC(=O)C1C(c2ccccc2)C(C(=O)c2ccccc2)C(c2ccccc2)N1C(=O)Nc1ccccc1. The van der Waals surface area contributed by atoms with Crippen molar-refractivity contribution in [2.45, 2.75) is 37.9 Å². The number of amides is 3. The first-order valence-electron chi connectivity index (χ1n) is 13.6. The molecule has 4 unspecified atom stereocenters. The Hall–Kier alpha value is -4.71. The van der Waals surface area contributed by atoms with Gasteiger partial charge in [-0.2, -0.15) is 0 Å². The number of para-hydroxylation sites is 1. The summed E-state index contributed by atoms with van der Waals surface area (Å²) in [5.41, 5.74) is 2.77. The monoisotopic (exact) mass is 531 g/mol. The summed E-state index contributed by atoms with van der Waals surface area (Å²) in [6.07, 6.45) is 0. The molecule has 3 amide bonds. The number of nitrogens with zero attached hydrogens (tertiary/aromatic N) is 1. The summed E-state index contributed by atoms with van der Waals surface area (Å²) in [6, 6.07) is 35.2. The minimum Gasteiger partial charge on any atom is -0.352 e. The Kier molecular flexibility index (Phi) is 8.06.